The maximum atomic E-state index is 11.9. The third-order valence-electron chi connectivity index (χ3n) is 2.92. The van der Waals surface area contributed by atoms with Crippen molar-refractivity contribution in [3.8, 4) is 0 Å². The SMILES string of the molecule is NC(CC(=O)Cc1ccccc1)c1ccccc1. The summed E-state index contributed by atoms with van der Waals surface area (Å²) in [6, 6.07) is 19.3. The Labute approximate surface area is 107 Å². The molecule has 1 atom stereocenters. The van der Waals surface area contributed by atoms with Gasteiger partial charge in [-0.2, -0.15) is 0 Å². The molecular weight excluding hydrogens is 222 g/mol. The summed E-state index contributed by atoms with van der Waals surface area (Å²) < 4.78 is 0. The molecule has 0 saturated carbocycles. The van der Waals surface area contributed by atoms with Gasteiger partial charge in [-0.3, -0.25) is 4.79 Å². The number of hydrogen-bond acceptors (Lipinski definition) is 2. The minimum atomic E-state index is -0.206. The third-order valence-corrected chi connectivity index (χ3v) is 2.92. The summed E-state index contributed by atoms with van der Waals surface area (Å²) >= 11 is 0. The molecule has 0 saturated heterocycles. The number of carbonyl (C=O) groups excluding carboxylic acids is 1. The Balaban J connectivity index is 1.92. The highest BCUT2D eigenvalue weighted by Gasteiger charge is 2.11. The molecule has 2 aromatic carbocycles. The molecule has 0 aromatic heterocycles. The van der Waals surface area contributed by atoms with E-state index < -0.39 is 0 Å². The molecule has 18 heavy (non-hydrogen) atoms. The number of Topliss-reactive ketones (excluding diaryl/α,β-unsaturated/α-hetero) is 1. The summed E-state index contributed by atoms with van der Waals surface area (Å²) in [6.07, 6.45) is 0.848. The van der Waals surface area contributed by atoms with Crippen molar-refractivity contribution in [3.63, 3.8) is 0 Å². The van der Waals surface area contributed by atoms with Crippen molar-refractivity contribution in [1.29, 1.82) is 0 Å². The molecule has 0 spiro atoms. The van der Waals surface area contributed by atoms with E-state index in [0.717, 1.165) is 11.1 Å². The zero-order valence-electron chi connectivity index (χ0n) is 10.3. The van der Waals surface area contributed by atoms with E-state index in [1.165, 1.54) is 0 Å². The number of benzene rings is 2. The molecule has 0 fully saturated rings. The average Bonchev–Trinajstić information content (AvgIpc) is 2.40. The average molecular weight is 239 g/mol. The second-order valence-corrected chi connectivity index (χ2v) is 4.42. The van der Waals surface area contributed by atoms with Crippen LogP contribution in [0.15, 0.2) is 60.7 Å². The standard InChI is InChI=1S/C16H17NO/c17-16(14-9-5-2-6-10-14)12-15(18)11-13-7-3-1-4-8-13/h1-10,16H,11-12,17H2. The first-order valence-corrected chi connectivity index (χ1v) is 6.12. The van der Waals surface area contributed by atoms with Gasteiger partial charge in [-0.15, -0.1) is 0 Å². The van der Waals surface area contributed by atoms with Crippen LogP contribution < -0.4 is 5.73 Å². The van der Waals surface area contributed by atoms with E-state index in [4.69, 9.17) is 5.73 Å². The van der Waals surface area contributed by atoms with Gasteiger partial charge in [0.2, 0.25) is 0 Å². The molecule has 1 unspecified atom stereocenters. The molecule has 92 valence electrons. The van der Waals surface area contributed by atoms with Gasteiger partial charge in [-0.05, 0) is 11.1 Å². The molecule has 0 aliphatic carbocycles. The highest BCUT2D eigenvalue weighted by molar-refractivity contribution is 5.81. The van der Waals surface area contributed by atoms with Crippen molar-refractivity contribution < 1.29 is 4.79 Å². The molecule has 0 amide bonds. The lowest BCUT2D eigenvalue weighted by atomic mass is 9.99. The molecule has 2 N–H and O–H groups in total. The summed E-state index contributed by atoms with van der Waals surface area (Å²) in [6.45, 7) is 0. The van der Waals surface area contributed by atoms with E-state index in [-0.39, 0.29) is 11.8 Å². The van der Waals surface area contributed by atoms with Gasteiger partial charge in [0.25, 0.3) is 0 Å². The van der Waals surface area contributed by atoms with Crippen LogP contribution in [0.25, 0.3) is 0 Å². The van der Waals surface area contributed by atoms with Crippen molar-refractivity contribution in [2.24, 2.45) is 5.73 Å². The fraction of sp³-hybridized carbons (Fsp3) is 0.188. The third kappa shape index (κ3) is 3.54. The second-order valence-electron chi connectivity index (χ2n) is 4.42. The first-order chi connectivity index (χ1) is 8.75. The molecule has 0 heterocycles. The van der Waals surface area contributed by atoms with Crippen molar-refractivity contribution in [2.75, 3.05) is 0 Å². The maximum Gasteiger partial charge on any atom is 0.139 e. The molecule has 0 aliphatic heterocycles. The highest BCUT2D eigenvalue weighted by atomic mass is 16.1. The lowest BCUT2D eigenvalue weighted by Crippen LogP contribution is -2.16. The first-order valence-electron chi connectivity index (χ1n) is 6.12. The number of hydrogen-bond donors (Lipinski definition) is 1. The molecule has 2 aromatic rings. The Bertz CT molecular complexity index is 493. The Hall–Kier alpha value is -1.93. The van der Waals surface area contributed by atoms with E-state index in [9.17, 15) is 4.79 Å². The van der Waals surface area contributed by atoms with Crippen LogP contribution in [0, 0.1) is 0 Å². The number of carbonyl (C=O) groups is 1. The zero-order valence-corrected chi connectivity index (χ0v) is 10.3. The van der Waals surface area contributed by atoms with E-state index >= 15 is 0 Å². The van der Waals surface area contributed by atoms with E-state index in [2.05, 4.69) is 0 Å². The number of ketones is 1. The van der Waals surface area contributed by atoms with Crippen molar-refractivity contribution in [3.05, 3.63) is 71.8 Å². The Morgan fingerprint density at radius 1 is 0.944 bits per heavy atom. The molecule has 2 nitrogen and oxygen atoms in total. The topological polar surface area (TPSA) is 43.1 Å². The number of rotatable bonds is 5. The van der Waals surface area contributed by atoms with Gasteiger partial charge in [-0.25, -0.2) is 0 Å². The van der Waals surface area contributed by atoms with Crippen LogP contribution in [0.2, 0.25) is 0 Å². The molecule has 2 heteroatoms. The van der Waals surface area contributed by atoms with Gasteiger partial charge in [0.15, 0.2) is 0 Å². The fourth-order valence-corrected chi connectivity index (χ4v) is 1.96. The Morgan fingerprint density at radius 2 is 1.50 bits per heavy atom. The Kier molecular flexibility index (Phi) is 4.26. The molecule has 0 aliphatic rings. The van der Waals surface area contributed by atoms with Gasteiger partial charge in [0.05, 0.1) is 0 Å². The van der Waals surface area contributed by atoms with Gasteiger partial charge in [-0.1, -0.05) is 60.7 Å². The Morgan fingerprint density at radius 3 is 2.11 bits per heavy atom. The van der Waals surface area contributed by atoms with Crippen molar-refractivity contribution >= 4 is 5.78 Å². The monoisotopic (exact) mass is 239 g/mol. The van der Waals surface area contributed by atoms with Crippen LogP contribution >= 0.6 is 0 Å². The zero-order chi connectivity index (χ0) is 12.8. The van der Waals surface area contributed by atoms with E-state index in [1.807, 2.05) is 60.7 Å². The van der Waals surface area contributed by atoms with Crippen LogP contribution in [-0.4, -0.2) is 5.78 Å². The van der Waals surface area contributed by atoms with Crippen LogP contribution in [0.3, 0.4) is 0 Å². The van der Waals surface area contributed by atoms with Gasteiger partial charge in [0, 0.05) is 18.9 Å². The summed E-state index contributed by atoms with van der Waals surface area (Å²) in [4.78, 5) is 11.9. The lowest BCUT2D eigenvalue weighted by Gasteiger charge is -2.11. The van der Waals surface area contributed by atoms with Crippen LogP contribution in [0.4, 0.5) is 0 Å². The predicted molar refractivity (Wildman–Crippen MR) is 73.1 cm³/mol. The minimum absolute atomic E-state index is 0.178. The van der Waals surface area contributed by atoms with Gasteiger partial charge in [0.1, 0.15) is 5.78 Å². The smallest absolute Gasteiger partial charge is 0.139 e. The molecular formula is C16H17NO. The van der Waals surface area contributed by atoms with E-state index in [0.29, 0.717) is 12.8 Å². The molecule has 2 rings (SSSR count). The quantitative estimate of drug-likeness (QED) is 0.871. The van der Waals surface area contributed by atoms with Crippen LogP contribution in [-0.2, 0) is 11.2 Å². The fourth-order valence-electron chi connectivity index (χ4n) is 1.96. The summed E-state index contributed by atoms with van der Waals surface area (Å²) in [5, 5.41) is 0. The largest absolute Gasteiger partial charge is 0.324 e. The predicted octanol–water partition coefficient (Wildman–Crippen LogP) is 2.89. The lowest BCUT2D eigenvalue weighted by molar-refractivity contribution is -0.118. The first kappa shape index (κ1) is 12.5. The summed E-state index contributed by atoms with van der Waals surface area (Å²) in [5.74, 6) is 0.178. The number of nitrogens with two attached hydrogens (primary N) is 1. The van der Waals surface area contributed by atoms with E-state index in [1.54, 1.807) is 0 Å². The molecule has 0 bridgehead atoms. The van der Waals surface area contributed by atoms with Crippen LogP contribution in [0.5, 0.6) is 0 Å². The van der Waals surface area contributed by atoms with Crippen molar-refractivity contribution in [1.82, 2.24) is 0 Å². The van der Waals surface area contributed by atoms with Crippen molar-refractivity contribution in [2.45, 2.75) is 18.9 Å². The normalized spacial score (nSPS) is 12.1. The summed E-state index contributed by atoms with van der Waals surface area (Å²) in [5.41, 5.74) is 8.09. The van der Waals surface area contributed by atoms with Gasteiger partial charge >= 0.3 is 0 Å². The molecule has 0 radical (unpaired) electrons. The highest BCUT2D eigenvalue weighted by Crippen LogP contribution is 2.15. The summed E-state index contributed by atoms with van der Waals surface area (Å²) in [7, 11) is 0. The second kappa shape index (κ2) is 6.12. The minimum Gasteiger partial charge on any atom is -0.324 e. The van der Waals surface area contributed by atoms with Gasteiger partial charge < -0.3 is 5.73 Å². The maximum absolute atomic E-state index is 11.9. The van der Waals surface area contributed by atoms with Crippen LogP contribution in [0.1, 0.15) is 23.6 Å².